The monoisotopic (exact) mass is 267 g/mol. The number of benzene rings is 1. The molecule has 0 N–H and O–H groups in total. The Hall–Kier alpha value is -2.29. The van der Waals surface area contributed by atoms with Gasteiger partial charge in [-0.2, -0.15) is 0 Å². The molecule has 102 valence electrons. The molecule has 1 aromatic carbocycles. The van der Waals surface area contributed by atoms with Gasteiger partial charge in [-0.15, -0.1) is 0 Å². The molecule has 0 unspecified atom stereocenters. The topological polar surface area (TPSA) is 29.5 Å². The molecule has 0 aromatic heterocycles. The van der Waals surface area contributed by atoms with Gasteiger partial charge < -0.3 is 4.74 Å². The summed E-state index contributed by atoms with van der Waals surface area (Å²) in [5.74, 6) is 0. The van der Waals surface area contributed by atoms with Gasteiger partial charge >= 0.3 is 6.09 Å². The summed E-state index contributed by atoms with van der Waals surface area (Å²) in [6, 6.07) is 9.72. The van der Waals surface area contributed by atoms with Crippen molar-refractivity contribution in [3.05, 3.63) is 71.5 Å². The molecule has 1 aliphatic carbocycles. The largest absolute Gasteiger partial charge is 0.444 e. The average molecular weight is 267 g/mol. The second-order valence-corrected chi connectivity index (χ2v) is 4.98. The minimum atomic E-state index is -0.296. The first kappa shape index (κ1) is 12.7. The molecule has 1 aliphatic heterocycles. The number of ether oxygens (including phenoxy) is 1. The quantitative estimate of drug-likeness (QED) is 0.815. The Labute approximate surface area is 118 Å². The third kappa shape index (κ3) is 2.82. The van der Waals surface area contributed by atoms with Gasteiger partial charge in [-0.05, 0) is 35.6 Å². The molecule has 1 aromatic rings. The first-order valence-corrected chi connectivity index (χ1v) is 6.87. The van der Waals surface area contributed by atoms with Gasteiger partial charge in [0.15, 0.2) is 0 Å². The number of nitrogens with zero attached hydrogens (tertiary/aromatic N) is 1. The summed E-state index contributed by atoms with van der Waals surface area (Å²) in [4.78, 5) is 13.7. The van der Waals surface area contributed by atoms with E-state index in [1.54, 1.807) is 4.90 Å². The zero-order valence-corrected chi connectivity index (χ0v) is 11.3. The summed E-state index contributed by atoms with van der Waals surface area (Å²) in [5.41, 5.74) is 3.55. The molecule has 20 heavy (non-hydrogen) atoms. The lowest BCUT2D eigenvalue weighted by atomic mass is 9.95. The van der Waals surface area contributed by atoms with Gasteiger partial charge in [-0.1, -0.05) is 42.5 Å². The first-order chi connectivity index (χ1) is 9.83. The minimum Gasteiger partial charge on any atom is -0.444 e. The van der Waals surface area contributed by atoms with E-state index in [9.17, 15) is 4.79 Å². The Kier molecular flexibility index (Phi) is 3.68. The summed E-state index contributed by atoms with van der Waals surface area (Å²) in [5, 5.41) is 0. The van der Waals surface area contributed by atoms with Crippen molar-refractivity contribution in [3.63, 3.8) is 0 Å². The second kappa shape index (κ2) is 5.78. The molecule has 0 saturated heterocycles. The van der Waals surface area contributed by atoms with Crippen molar-refractivity contribution in [1.82, 2.24) is 4.90 Å². The van der Waals surface area contributed by atoms with E-state index >= 15 is 0 Å². The van der Waals surface area contributed by atoms with E-state index in [1.807, 2.05) is 42.6 Å². The third-order valence-corrected chi connectivity index (χ3v) is 3.55. The maximum absolute atomic E-state index is 12.1. The normalized spacial score (nSPS) is 17.1. The van der Waals surface area contributed by atoms with Crippen LogP contribution in [0, 0.1) is 0 Å². The number of allylic oxidation sites excluding steroid dienone is 3. The number of carbonyl (C=O) groups excluding carboxylic acids is 1. The molecule has 0 atom stereocenters. The van der Waals surface area contributed by atoms with Gasteiger partial charge in [0.1, 0.15) is 6.61 Å². The van der Waals surface area contributed by atoms with Crippen LogP contribution in [0.1, 0.15) is 18.4 Å². The number of rotatable bonds is 2. The molecule has 3 heteroatoms. The van der Waals surface area contributed by atoms with Crippen molar-refractivity contribution >= 4 is 6.09 Å². The molecular weight excluding hydrogens is 250 g/mol. The average Bonchev–Trinajstić information content (AvgIpc) is 2.53. The van der Waals surface area contributed by atoms with Gasteiger partial charge in [-0.25, -0.2) is 4.79 Å². The lowest BCUT2D eigenvalue weighted by Gasteiger charge is -2.25. The maximum atomic E-state index is 12.1. The highest BCUT2D eigenvalue weighted by atomic mass is 16.6. The van der Waals surface area contributed by atoms with Crippen LogP contribution in [0.3, 0.4) is 0 Å². The van der Waals surface area contributed by atoms with Crippen molar-refractivity contribution < 1.29 is 9.53 Å². The van der Waals surface area contributed by atoms with Crippen molar-refractivity contribution in [1.29, 1.82) is 0 Å². The fourth-order valence-electron chi connectivity index (χ4n) is 2.42. The van der Waals surface area contributed by atoms with Gasteiger partial charge in [0.05, 0.1) is 6.54 Å². The molecule has 0 spiro atoms. The Balaban J connectivity index is 1.58. The van der Waals surface area contributed by atoms with Crippen molar-refractivity contribution in [2.45, 2.75) is 19.4 Å². The standard InChI is InChI=1S/C17H17NO2/c19-17(20-13-14-6-2-1-3-7-14)18-11-10-15-8-4-5-9-16(15)12-18/h1-3,5-7,9-11H,4,8,12-13H2. The van der Waals surface area contributed by atoms with E-state index in [0.29, 0.717) is 13.2 Å². The predicted molar refractivity (Wildman–Crippen MR) is 77.9 cm³/mol. The summed E-state index contributed by atoms with van der Waals surface area (Å²) >= 11 is 0. The lowest BCUT2D eigenvalue weighted by Crippen LogP contribution is -2.30. The zero-order chi connectivity index (χ0) is 13.8. The van der Waals surface area contributed by atoms with Crippen LogP contribution in [0.2, 0.25) is 0 Å². The van der Waals surface area contributed by atoms with Gasteiger partial charge in [-0.3, -0.25) is 4.90 Å². The summed E-state index contributed by atoms with van der Waals surface area (Å²) in [7, 11) is 0. The summed E-state index contributed by atoms with van der Waals surface area (Å²) < 4.78 is 5.34. The van der Waals surface area contributed by atoms with E-state index in [4.69, 9.17) is 4.74 Å². The highest BCUT2D eigenvalue weighted by Crippen LogP contribution is 2.25. The zero-order valence-electron chi connectivity index (χ0n) is 11.3. The third-order valence-electron chi connectivity index (χ3n) is 3.55. The number of amides is 1. The molecule has 0 bridgehead atoms. The Morgan fingerprint density at radius 3 is 2.85 bits per heavy atom. The molecular formula is C17H17NO2. The van der Waals surface area contributed by atoms with Crippen LogP contribution in [0.25, 0.3) is 0 Å². The van der Waals surface area contributed by atoms with E-state index in [0.717, 1.165) is 18.4 Å². The molecule has 1 heterocycles. The Bertz CT molecular complexity index is 584. The highest BCUT2D eigenvalue weighted by molar-refractivity contribution is 5.70. The van der Waals surface area contributed by atoms with Crippen LogP contribution in [0.4, 0.5) is 4.79 Å². The van der Waals surface area contributed by atoms with Crippen LogP contribution < -0.4 is 0 Å². The number of hydrogen-bond acceptors (Lipinski definition) is 2. The Morgan fingerprint density at radius 2 is 2.00 bits per heavy atom. The van der Waals surface area contributed by atoms with E-state index < -0.39 is 0 Å². The molecule has 3 nitrogen and oxygen atoms in total. The fourth-order valence-corrected chi connectivity index (χ4v) is 2.42. The summed E-state index contributed by atoms with van der Waals surface area (Å²) in [6.45, 7) is 0.918. The molecule has 3 rings (SSSR count). The van der Waals surface area contributed by atoms with Crippen LogP contribution in [-0.4, -0.2) is 17.5 Å². The van der Waals surface area contributed by atoms with Gasteiger partial charge in [0.2, 0.25) is 0 Å². The van der Waals surface area contributed by atoms with Crippen molar-refractivity contribution in [3.8, 4) is 0 Å². The number of hydrogen-bond donors (Lipinski definition) is 0. The van der Waals surface area contributed by atoms with Crippen LogP contribution in [0.15, 0.2) is 65.9 Å². The van der Waals surface area contributed by atoms with Crippen molar-refractivity contribution in [2.24, 2.45) is 0 Å². The van der Waals surface area contributed by atoms with E-state index in [1.165, 1.54) is 11.1 Å². The van der Waals surface area contributed by atoms with Gasteiger partial charge in [0.25, 0.3) is 0 Å². The molecule has 0 fully saturated rings. The van der Waals surface area contributed by atoms with Crippen LogP contribution in [-0.2, 0) is 11.3 Å². The molecule has 0 radical (unpaired) electrons. The van der Waals surface area contributed by atoms with Gasteiger partial charge in [0, 0.05) is 6.20 Å². The molecule has 0 saturated carbocycles. The predicted octanol–water partition coefficient (Wildman–Crippen LogP) is 3.80. The van der Waals surface area contributed by atoms with E-state index in [-0.39, 0.29) is 6.09 Å². The molecule has 1 amide bonds. The fraction of sp³-hybridized carbons (Fsp3) is 0.235. The van der Waals surface area contributed by atoms with Crippen LogP contribution in [0.5, 0.6) is 0 Å². The minimum absolute atomic E-state index is 0.296. The highest BCUT2D eigenvalue weighted by Gasteiger charge is 2.19. The smallest absolute Gasteiger partial charge is 0.414 e. The first-order valence-electron chi connectivity index (χ1n) is 6.87. The summed E-state index contributed by atoms with van der Waals surface area (Å²) in [6.07, 6.45) is 9.97. The lowest BCUT2D eigenvalue weighted by molar-refractivity contribution is 0.112. The number of carbonyl (C=O) groups is 1. The Morgan fingerprint density at radius 1 is 1.15 bits per heavy atom. The SMILES string of the molecule is O=C(OCc1ccccc1)N1C=CC2=C(C=CCC2)C1. The van der Waals surface area contributed by atoms with Crippen molar-refractivity contribution in [2.75, 3.05) is 6.54 Å². The van der Waals surface area contributed by atoms with E-state index in [2.05, 4.69) is 12.2 Å². The van der Waals surface area contributed by atoms with Crippen LogP contribution >= 0.6 is 0 Å². The maximum Gasteiger partial charge on any atom is 0.414 e. The second-order valence-electron chi connectivity index (χ2n) is 4.98. The molecule has 2 aliphatic rings.